The first-order valence-corrected chi connectivity index (χ1v) is 14.6. The number of carbonyl (C=O) groups excluding carboxylic acids is 1. The summed E-state index contributed by atoms with van der Waals surface area (Å²) in [7, 11) is -4.03. The molecule has 0 spiro atoms. The number of amides is 1. The second kappa shape index (κ2) is 13.6. The van der Waals surface area contributed by atoms with Gasteiger partial charge in [-0.15, -0.1) is 0 Å². The largest absolute Gasteiger partial charge is 0.494 e. The zero-order chi connectivity index (χ0) is 29.2. The zero-order valence-electron chi connectivity index (χ0n) is 23.3. The summed E-state index contributed by atoms with van der Waals surface area (Å²) in [6.07, 6.45) is 1.48. The van der Waals surface area contributed by atoms with Crippen molar-refractivity contribution < 1.29 is 22.7 Å². The molecule has 41 heavy (non-hydrogen) atoms. The molecule has 1 N–H and O–H groups in total. The minimum atomic E-state index is -4.03. The number of sulfonamides is 1. The summed E-state index contributed by atoms with van der Waals surface area (Å²) in [6.45, 7) is 6.25. The van der Waals surface area contributed by atoms with Crippen LogP contribution in [0.3, 0.4) is 0 Å². The minimum Gasteiger partial charge on any atom is -0.494 e. The summed E-state index contributed by atoms with van der Waals surface area (Å²) < 4.78 is 39.4. The Morgan fingerprint density at radius 1 is 0.805 bits per heavy atom. The Balaban J connectivity index is 1.41. The molecule has 0 radical (unpaired) electrons. The number of anilines is 1. The normalized spacial score (nSPS) is 11.3. The van der Waals surface area contributed by atoms with Crippen LogP contribution in [0.5, 0.6) is 11.5 Å². The van der Waals surface area contributed by atoms with Crippen LogP contribution >= 0.6 is 0 Å². The van der Waals surface area contributed by atoms with Crippen LogP contribution in [0.15, 0.2) is 107 Å². The molecule has 0 heterocycles. The summed E-state index contributed by atoms with van der Waals surface area (Å²) in [5.74, 6) is 0.715. The van der Waals surface area contributed by atoms with Crippen LogP contribution < -0.4 is 19.2 Å². The van der Waals surface area contributed by atoms with Crippen LogP contribution in [-0.2, 0) is 21.4 Å². The lowest BCUT2D eigenvalue weighted by atomic mass is 10.2. The third-order valence-electron chi connectivity index (χ3n) is 6.14. The average molecular weight is 572 g/mol. The molecule has 0 atom stereocenters. The van der Waals surface area contributed by atoms with E-state index in [1.165, 1.54) is 23.9 Å². The van der Waals surface area contributed by atoms with Crippen molar-refractivity contribution in [3.05, 3.63) is 119 Å². The van der Waals surface area contributed by atoms with Gasteiger partial charge in [0.15, 0.2) is 0 Å². The van der Waals surface area contributed by atoms with Gasteiger partial charge in [-0.2, -0.15) is 5.10 Å². The molecular formula is C32H33N3O5S. The quantitative estimate of drug-likeness (QED) is 0.176. The Hall–Kier alpha value is -4.63. The third kappa shape index (κ3) is 8.18. The van der Waals surface area contributed by atoms with E-state index in [9.17, 15) is 13.2 Å². The van der Waals surface area contributed by atoms with Crippen LogP contribution in [0.4, 0.5) is 5.69 Å². The van der Waals surface area contributed by atoms with Crippen molar-refractivity contribution >= 4 is 27.8 Å². The number of ether oxygens (including phenoxy) is 2. The molecule has 0 saturated heterocycles. The molecule has 0 aliphatic carbocycles. The van der Waals surface area contributed by atoms with Gasteiger partial charge in [0.25, 0.3) is 15.9 Å². The fourth-order valence-corrected chi connectivity index (χ4v) is 5.29. The van der Waals surface area contributed by atoms with Gasteiger partial charge in [0, 0.05) is 0 Å². The van der Waals surface area contributed by atoms with Crippen molar-refractivity contribution in [2.45, 2.75) is 32.3 Å². The van der Waals surface area contributed by atoms with Crippen molar-refractivity contribution in [3.8, 4) is 11.5 Å². The van der Waals surface area contributed by atoms with Crippen molar-refractivity contribution in [2.75, 3.05) is 17.5 Å². The maximum absolute atomic E-state index is 13.5. The van der Waals surface area contributed by atoms with Crippen LogP contribution in [0.25, 0.3) is 0 Å². The predicted molar refractivity (Wildman–Crippen MR) is 161 cm³/mol. The Morgan fingerprint density at radius 3 is 1.98 bits per heavy atom. The fourth-order valence-electron chi connectivity index (χ4n) is 3.87. The third-order valence-corrected chi connectivity index (χ3v) is 7.93. The van der Waals surface area contributed by atoms with Crippen molar-refractivity contribution in [2.24, 2.45) is 5.10 Å². The Morgan fingerprint density at radius 2 is 1.37 bits per heavy atom. The van der Waals surface area contributed by atoms with Crippen molar-refractivity contribution in [1.29, 1.82) is 0 Å². The van der Waals surface area contributed by atoms with Gasteiger partial charge in [-0.05, 0) is 92.6 Å². The van der Waals surface area contributed by atoms with E-state index in [0.717, 1.165) is 21.0 Å². The highest BCUT2D eigenvalue weighted by Crippen LogP contribution is 2.26. The number of hydrazone groups is 1. The Bertz CT molecular complexity index is 1570. The summed E-state index contributed by atoms with van der Waals surface area (Å²) in [5.41, 5.74) is 6.70. The number of hydrogen-bond acceptors (Lipinski definition) is 6. The van der Waals surface area contributed by atoms with Crippen molar-refractivity contribution in [3.63, 3.8) is 0 Å². The van der Waals surface area contributed by atoms with Crippen LogP contribution in [-0.4, -0.2) is 33.7 Å². The number of benzene rings is 4. The average Bonchev–Trinajstić information content (AvgIpc) is 2.97. The van der Waals surface area contributed by atoms with E-state index < -0.39 is 22.5 Å². The summed E-state index contributed by atoms with van der Waals surface area (Å²) in [6, 6.07) is 28.4. The first-order valence-electron chi connectivity index (χ1n) is 13.2. The fraction of sp³-hybridized carbons (Fsp3) is 0.188. The van der Waals surface area contributed by atoms with Gasteiger partial charge in [-0.3, -0.25) is 9.10 Å². The molecule has 4 rings (SSSR count). The Labute approximate surface area is 241 Å². The first-order chi connectivity index (χ1) is 19.7. The minimum absolute atomic E-state index is 0.0815. The molecule has 0 bridgehead atoms. The topological polar surface area (TPSA) is 97.3 Å². The lowest BCUT2D eigenvalue weighted by Gasteiger charge is -2.24. The molecule has 4 aromatic carbocycles. The number of aryl methyl sites for hydroxylation is 2. The second-order valence-electron chi connectivity index (χ2n) is 9.39. The monoisotopic (exact) mass is 571 g/mol. The highest BCUT2D eigenvalue weighted by atomic mass is 32.2. The van der Waals surface area contributed by atoms with E-state index in [4.69, 9.17) is 9.47 Å². The van der Waals surface area contributed by atoms with E-state index in [-0.39, 0.29) is 4.90 Å². The predicted octanol–water partition coefficient (Wildman–Crippen LogP) is 5.63. The molecule has 0 aliphatic heterocycles. The molecule has 9 heteroatoms. The number of carbonyl (C=O) groups is 1. The SMILES string of the molecule is CCOc1ccc(N(CC(=O)N/N=C\c2ccc(OCc3ccc(C)cc3)cc2)S(=O)(=O)c2ccc(C)cc2)cc1. The summed E-state index contributed by atoms with van der Waals surface area (Å²) in [4.78, 5) is 12.9. The molecule has 0 saturated carbocycles. The van der Waals surface area contributed by atoms with Gasteiger partial charge in [-0.25, -0.2) is 13.8 Å². The number of nitrogens with zero attached hydrogens (tertiary/aromatic N) is 2. The first kappa shape index (κ1) is 29.4. The van der Waals surface area contributed by atoms with E-state index in [1.807, 2.05) is 69.3 Å². The standard InChI is InChI=1S/C32H33N3O5S/c1-4-39-29-17-13-28(14-18-29)35(41(37,38)31-19-7-25(3)8-20-31)22-32(36)34-33-21-26-11-15-30(16-12-26)40-23-27-9-5-24(2)6-10-27/h5-21H,4,22-23H2,1-3H3,(H,34,36)/b33-21-. The molecule has 0 unspecified atom stereocenters. The molecule has 0 aliphatic rings. The maximum atomic E-state index is 13.5. The highest BCUT2D eigenvalue weighted by Gasteiger charge is 2.27. The highest BCUT2D eigenvalue weighted by molar-refractivity contribution is 7.92. The number of hydrogen-bond donors (Lipinski definition) is 1. The molecule has 212 valence electrons. The molecular weight excluding hydrogens is 538 g/mol. The van der Waals surface area contributed by atoms with E-state index in [1.54, 1.807) is 36.4 Å². The molecule has 0 fully saturated rings. The van der Waals surface area contributed by atoms with Gasteiger partial charge in [0.1, 0.15) is 24.7 Å². The summed E-state index contributed by atoms with van der Waals surface area (Å²) >= 11 is 0. The van der Waals surface area contributed by atoms with Crippen LogP contribution in [0, 0.1) is 13.8 Å². The van der Waals surface area contributed by atoms with Gasteiger partial charge < -0.3 is 9.47 Å². The smallest absolute Gasteiger partial charge is 0.264 e. The molecule has 0 aromatic heterocycles. The van der Waals surface area contributed by atoms with Gasteiger partial charge >= 0.3 is 0 Å². The van der Waals surface area contributed by atoms with E-state index >= 15 is 0 Å². The number of nitrogens with one attached hydrogen (secondary N) is 1. The second-order valence-corrected chi connectivity index (χ2v) is 11.3. The van der Waals surface area contributed by atoms with Gasteiger partial charge in [0.05, 0.1) is 23.4 Å². The van der Waals surface area contributed by atoms with E-state index in [0.29, 0.717) is 30.4 Å². The van der Waals surface area contributed by atoms with Crippen LogP contribution in [0.2, 0.25) is 0 Å². The maximum Gasteiger partial charge on any atom is 0.264 e. The zero-order valence-corrected chi connectivity index (χ0v) is 24.1. The van der Waals surface area contributed by atoms with Crippen LogP contribution in [0.1, 0.15) is 29.2 Å². The molecule has 4 aromatic rings. The molecule has 8 nitrogen and oxygen atoms in total. The lowest BCUT2D eigenvalue weighted by molar-refractivity contribution is -0.119. The van der Waals surface area contributed by atoms with Crippen molar-refractivity contribution in [1.82, 2.24) is 5.43 Å². The number of rotatable bonds is 12. The lowest BCUT2D eigenvalue weighted by Crippen LogP contribution is -2.39. The molecule has 1 amide bonds. The van der Waals surface area contributed by atoms with E-state index in [2.05, 4.69) is 10.5 Å². The van der Waals surface area contributed by atoms with Gasteiger partial charge in [0.2, 0.25) is 0 Å². The van der Waals surface area contributed by atoms with Gasteiger partial charge in [-0.1, -0.05) is 47.5 Å². The Kier molecular flexibility index (Phi) is 9.76. The summed E-state index contributed by atoms with van der Waals surface area (Å²) in [5, 5.41) is 4.02.